The van der Waals surface area contributed by atoms with Gasteiger partial charge in [0.2, 0.25) is 11.8 Å². The minimum absolute atomic E-state index is 0.0822. The van der Waals surface area contributed by atoms with Crippen LogP contribution in [0.2, 0.25) is 0 Å². The van der Waals surface area contributed by atoms with Gasteiger partial charge in [0.25, 0.3) is 5.69 Å². The predicted molar refractivity (Wildman–Crippen MR) is 100 cm³/mol. The second-order valence-corrected chi connectivity index (χ2v) is 7.59. The summed E-state index contributed by atoms with van der Waals surface area (Å²) in [5.41, 5.74) is -1.63. The number of carbonyl (C=O) groups is 4. The molecule has 3 heterocycles. The van der Waals surface area contributed by atoms with E-state index in [2.05, 4.69) is 0 Å². The Balaban J connectivity index is 1.75. The van der Waals surface area contributed by atoms with Crippen LogP contribution < -0.4 is 4.90 Å². The fraction of sp³-hybridized carbons (Fsp3) is 0.400. The SMILES string of the molecule is CC(=O)C[C@H](OC(C)=O)[C@@]12C=C[C@@H](O1)[C@@H]1C(=O)N(c3cccc([N+](=O)[O-])c3)C(=O)[C@H]12. The first-order valence-corrected chi connectivity index (χ1v) is 9.32. The van der Waals surface area contributed by atoms with Crippen LogP contribution in [0.15, 0.2) is 36.4 Å². The van der Waals surface area contributed by atoms with E-state index in [-0.39, 0.29) is 23.6 Å². The van der Waals surface area contributed by atoms with Crippen molar-refractivity contribution in [3.05, 3.63) is 46.5 Å². The molecule has 4 rings (SSSR count). The zero-order valence-electron chi connectivity index (χ0n) is 16.1. The summed E-state index contributed by atoms with van der Waals surface area (Å²) in [5, 5.41) is 11.1. The third-order valence-corrected chi connectivity index (χ3v) is 5.66. The summed E-state index contributed by atoms with van der Waals surface area (Å²) in [7, 11) is 0. The molecule has 0 N–H and O–H groups in total. The van der Waals surface area contributed by atoms with Crippen molar-refractivity contribution < 1.29 is 33.6 Å². The van der Waals surface area contributed by atoms with Crippen LogP contribution in [0.3, 0.4) is 0 Å². The van der Waals surface area contributed by atoms with E-state index >= 15 is 0 Å². The number of amides is 2. The number of ketones is 1. The van der Waals surface area contributed by atoms with E-state index in [1.165, 1.54) is 32.0 Å². The van der Waals surface area contributed by atoms with Crippen molar-refractivity contribution >= 4 is 34.9 Å². The Labute approximate surface area is 170 Å². The number of carbonyl (C=O) groups excluding carboxylic acids is 4. The highest BCUT2D eigenvalue weighted by Gasteiger charge is 2.70. The Hall–Kier alpha value is -3.40. The normalized spacial score (nSPS) is 29.8. The van der Waals surface area contributed by atoms with Gasteiger partial charge in [-0.15, -0.1) is 0 Å². The smallest absolute Gasteiger partial charge is 0.303 e. The molecule has 2 fully saturated rings. The van der Waals surface area contributed by atoms with Crippen molar-refractivity contribution in [3.8, 4) is 0 Å². The molecule has 10 nitrogen and oxygen atoms in total. The maximum Gasteiger partial charge on any atom is 0.303 e. The van der Waals surface area contributed by atoms with Crippen LogP contribution in [0.25, 0.3) is 0 Å². The number of nitro benzene ring substituents is 1. The summed E-state index contributed by atoms with van der Waals surface area (Å²) in [6, 6.07) is 5.23. The van der Waals surface area contributed by atoms with Crippen molar-refractivity contribution in [2.24, 2.45) is 11.8 Å². The number of rotatable bonds is 6. The summed E-state index contributed by atoms with van der Waals surface area (Å²) < 4.78 is 11.3. The first-order chi connectivity index (χ1) is 14.2. The van der Waals surface area contributed by atoms with E-state index in [9.17, 15) is 29.3 Å². The van der Waals surface area contributed by atoms with E-state index in [1.54, 1.807) is 12.2 Å². The molecule has 0 aromatic heterocycles. The van der Waals surface area contributed by atoms with Gasteiger partial charge >= 0.3 is 5.97 Å². The van der Waals surface area contributed by atoms with Gasteiger partial charge in [-0.25, -0.2) is 4.90 Å². The van der Waals surface area contributed by atoms with Crippen LogP contribution in [0.5, 0.6) is 0 Å². The van der Waals surface area contributed by atoms with E-state index in [1.807, 2.05) is 0 Å². The molecular weight excluding hydrogens is 396 g/mol. The summed E-state index contributed by atoms with van der Waals surface area (Å²) in [4.78, 5) is 61.3. The van der Waals surface area contributed by atoms with Crippen LogP contribution in [0.1, 0.15) is 20.3 Å². The molecule has 0 aliphatic carbocycles. The number of benzene rings is 1. The Bertz CT molecular complexity index is 1000. The molecule has 30 heavy (non-hydrogen) atoms. The number of nitrogens with zero attached hydrogens (tertiary/aromatic N) is 2. The van der Waals surface area contributed by atoms with Crippen LogP contribution in [0.4, 0.5) is 11.4 Å². The highest BCUT2D eigenvalue weighted by atomic mass is 16.6. The first-order valence-electron chi connectivity index (χ1n) is 9.32. The Morgan fingerprint density at radius 2 is 2.03 bits per heavy atom. The molecule has 0 radical (unpaired) electrons. The van der Waals surface area contributed by atoms with Gasteiger partial charge in [-0.2, -0.15) is 0 Å². The van der Waals surface area contributed by atoms with Gasteiger partial charge in [0.1, 0.15) is 17.5 Å². The molecule has 5 atom stereocenters. The number of fused-ring (bicyclic) bond motifs is 5. The van der Waals surface area contributed by atoms with E-state index in [0.717, 1.165) is 11.0 Å². The molecule has 1 aromatic rings. The van der Waals surface area contributed by atoms with Crippen molar-refractivity contribution in [3.63, 3.8) is 0 Å². The molecule has 2 amide bonds. The minimum Gasteiger partial charge on any atom is -0.459 e. The summed E-state index contributed by atoms with van der Waals surface area (Å²) in [5.74, 6) is -3.96. The van der Waals surface area contributed by atoms with Crippen LogP contribution in [0, 0.1) is 22.0 Å². The fourth-order valence-electron chi connectivity index (χ4n) is 4.56. The third-order valence-electron chi connectivity index (χ3n) is 5.66. The third kappa shape index (κ3) is 2.83. The quantitative estimate of drug-likeness (QED) is 0.224. The summed E-state index contributed by atoms with van der Waals surface area (Å²) in [6.07, 6.45) is 1.22. The number of Topliss-reactive ketones (excluding diaryl/α,β-unsaturated/α-hetero) is 1. The molecule has 0 spiro atoms. The van der Waals surface area contributed by atoms with E-state index in [0.29, 0.717) is 0 Å². The van der Waals surface area contributed by atoms with Gasteiger partial charge in [0.15, 0.2) is 0 Å². The van der Waals surface area contributed by atoms with Gasteiger partial charge < -0.3 is 9.47 Å². The molecule has 0 unspecified atom stereocenters. The first kappa shape index (κ1) is 19.9. The number of nitro groups is 1. The molecule has 10 heteroatoms. The number of imide groups is 1. The van der Waals surface area contributed by atoms with Gasteiger partial charge in [-0.1, -0.05) is 12.1 Å². The summed E-state index contributed by atoms with van der Waals surface area (Å²) >= 11 is 0. The second-order valence-electron chi connectivity index (χ2n) is 7.59. The van der Waals surface area contributed by atoms with Gasteiger partial charge in [0, 0.05) is 25.5 Å². The number of non-ortho nitro benzene ring substituents is 1. The molecular formula is C20H18N2O8. The van der Waals surface area contributed by atoms with Crippen LogP contribution in [-0.2, 0) is 28.7 Å². The zero-order valence-corrected chi connectivity index (χ0v) is 16.1. The van der Waals surface area contributed by atoms with Crippen LogP contribution in [-0.4, -0.2) is 46.3 Å². The molecule has 3 aliphatic rings. The largest absolute Gasteiger partial charge is 0.459 e. The van der Waals surface area contributed by atoms with E-state index in [4.69, 9.17) is 9.47 Å². The van der Waals surface area contributed by atoms with Crippen molar-refractivity contribution in [2.45, 2.75) is 38.1 Å². The average Bonchev–Trinajstić information content (AvgIpc) is 3.32. The number of anilines is 1. The topological polar surface area (TPSA) is 133 Å². The number of hydrogen-bond donors (Lipinski definition) is 0. The average molecular weight is 414 g/mol. The summed E-state index contributed by atoms with van der Waals surface area (Å²) in [6.45, 7) is 2.51. The minimum atomic E-state index is -1.45. The van der Waals surface area contributed by atoms with Gasteiger partial charge in [-0.3, -0.25) is 29.3 Å². The lowest BCUT2D eigenvalue weighted by Crippen LogP contribution is -2.51. The van der Waals surface area contributed by atoms with Crippen molar-refractivity contribution in [1.29, 1.82) is 0 Å². The molecule has 2 bridgehead atoms. The molecule has 156 valence electrons. The highest BCUT2D eigenvalue weighted by Crippen LogP contribution is 2.55. The van der Waals surface area contributed by atoms with Gasteiger partial charge in [0.05, 0.1) is 28.6 Å². The van der Waals surface area contributed by atoms with Crippen LogP contribution >= 0.6 is 0 Å². The van der Waals surface area contributed by atoms with Gasteiger partial charge in [-0.05, 0) is 19.1 Å². The lowest BCUT2D eigenvalue weighted by atomic mass is 9.73. The predicted octanol–water partition coefficient (Wildman–Crippen LogP) is 1.32. The van der Waals surface area contributed by atoms with Crippen molar-refractivity contribution in [2.75, 3.05) is 4.90 Å². The lowest BCUT2D eigenvalue weighted by Gasteiger charge is -2.35. The number of esters is 1. The van der Waals surface area contributed by atoms with Crippen molar-refractivity contribution in [1.82, 2.24) is 0 Å². The Morgan fingerprint density at radius 3 is 2.67 bits per heavy atom. The fourth-order valence-corrected chi connectivity index (χ4v) is 4.56. The van der Waals surface area contributed by atoms with E-state index < -0.39 is 52.4 Å². The number of ether oxygens (including phenoxy) is 2. The molecule has 1 aromatic carbocycles. The standard InChI is InChI=1S/C20H18N2O8/c1-10(23)8-15(29-11(2)24)20-7-6-14(30-20)16-17(20)19(26)21(18(16)25)12-4-3-5-13(9-12)22(27)28/h3-7,9,14-17H,8H2,1-2H3/t14-,15+,16+,17+,20-/m1/s1. The molecule has 0 saturated carbocycles. The monoisotopic (exact) mass is 414 g/mol. The number of hydrogen-bond acceptors (Lipinski definition) is 8. The highest BCUT2D eigenvalue weighted by molar-refractivity contribution is 6.23. The second kappa shape index (κ2) is 6.84. The Kier molecular flexibility index (Phi) is 4.53. The zero-order chi connectivity index (χ0) is 21.8. The molecule has 3 aliphatic heterocycles. The molecule has 2 saturated heterocycles. The maximum absolute atomic E-state index is 13.3. The lowest BCUT2D eigenvalue weighted by molar-refractivity contribution is -0.384. The Morgan fingerprint density at radius 1 is 1.30 bits per heavy atom. The maximum atomic E-state index is 13.3.